The van der Waals surface area contributed by atoms with Gasteiger partial charge in [0.25, 0.3) is 0 Å². The predicted molar refractivity (Wildman–Crippen MR) is 54.9 cm³/mol. The normalized spacial score (nSPS) is 19.6. The number of nitrogens with one attached hydrogen (secondary N) is 1. The molecule has 0 bridgehead atoms. The molecule has 0 amide bonds. The third-order valence-electron chi connectivity index (χ3n) is 2.72. The number of carbonyl (C=O) groups is 1. The van der Waals surface area contributed by atoms with E-state index in [1.54, 1.807) is 12.1 Å². The summed E-state index contributed by atoms with van der Waals surface area (Å²) in [4.78, 5) is 10.8. The van der Waals surface area contributed by atoms with Crippen LogP contribution in [-0.2, 0) is 0 Å². The second-order valence-corrected chi connectivity index (χ2v) is 3.72. The number of fused-ring (bicyclic) bond motifs is 1. The largest absolute Gasteiger partial charge is 0.478 e. The van der Waals surface area contributed by atoms with E-state index in [9.17, 15) is 4.79 Å². The Balaban J connectivity index is 2.45. The fourth-order valence-electron chi connectivity index (χ4n) is 1.84. The summed E-state index contributed by atoms with van der Waals surface area (Å²) in [5.74, 6) is -0.406. The zero-order chi connectivity index (χ0) is 10.1. The van der Waals surface area contributed by atoms with Crippen molar-refractivity contribution in [1.29, 1.82) is 0 Å². The van der Waals surface area contributed by atoms with Gasteiger partial charge in [0.2, 0.25) is 0 Å². The molecule has 1 heterocycles. The van der Waals surface area contributed by atoms with Gasteiger partial charge >= 0.3 is 5.97 Å². The molecule has 0 saturated carbocycles. The minimum absolute atomic E-state index is 0.374. The number of hydrogen-bond acceptors (Lipinski definition) is 2. The van der Waals surface area contributed by atoms with Crippen LogP contribution < -0.4 is 5.32 Å². The van der Waals surface area contributed by atoms with Gasteiger partial charge in [-0.25, -0.2) is 4.79 Å². The second-order valence-electron chi connectivity index (χ2n) is 3.72. The van der Waals surface area contributed by atoms with E-state index >= 15 is 0 Å². The Hall–Kier alpha value is -1.51. The highest BCUT2D eigenvalue weighted by molar-refractivity contribution is 5.88. The van der Waals surface area contributed by atoms with Gasteiger partial charge in [0.1, 0.15) is 0 Å². The van der Waals surface area contributed by atoms with Crippen LogP contribution in [0.4, 0.5) is 5.69 Å². The second kappa shape index (κ2) is 3.33. The molecule has 1 aromatic rings. The Morgan fingerprint density at radius 1 is 1.57 bits per heavy atom. The number of carboxylic acids is 1. The summed E-state index contributed by atoms with van der Waals surface area (Å²) < 4.78 is 0. The molecule has 0 aromatic heterocycles. The van der Waals surface area contributed by atoms with E-state index in [1.807, 2.05) is 6.07 Å². The molecule has 0 unspecified atom stereocenters. The molecule has 0 fully saturated rings. The van der Waals surface area contributed by atoms with Gasteiger partial charge < -0.3 is 10.4 Å². The third-order valence-corrected chi connectivity index (χ3v) is 2.72. The van der Waals surface area contributed by atoms with Crippen LogP contribution in [0.2, 0.25) is 0 Å². The Bertz CT molecular complexity index is 374. The SMILES string of the molecule is C[C@H]1CCNc2ccc(C(=O)O)cc21. The van der Waals surface area contributed by atoms with Gasteiger partial charge in [0.15, 0.2) is 0 Å². The van der Waals surface area contributed by atoms with Crippen molar-refractivity contribution in [3.05, 3.63) is 29.3 Å². The molecular weight excluding hydrogens is 178 g/mol. The van der Waals surface area contributed by atoms with Gasteiger partial charge in [-0.2, -0.15) is 0 Å². The number of carboxylic acid groups (broad SMARTS) is 1. The van der Waals surface area contributed by atoms with Crippen LogP contribution in [0.15, 0.2) is 18.2 Å². The fourth-order valence-corrected chi connectivity index (χ4v) is 1.84. The predicted octanol–water partition coefficient (Wildman–Crippen LogP) is 2.30. The summed E-state index contributed by atoms with van der Waals surface area (Å²) in [6.45, 7) is 3.10. The average Bonchev–Trinajstić information content (AvgIpc) is 2.18. The van der Waals surface area contributed by atoms with Crippen molar-refractivity contribution in [2.45, 2.75) is 19.3 Å². The topological polar surface area (TPSA) is 49.3 Å². The number of hydrogen-bond donors (Lipinski definition) is 2. The summed E-state index contributed by atoms with van der Waals surface area (Å²) in [6, 6.07) is 5.27. The van der Waals surface area contributed by atoms with Crippen LogP contribution in [0.3, 0.4) is 0 Å². The lowest BCUT2D eigenvalue weighted by Gasteiger charge is -2.23. The summed E-state index contributed by atoms with van der Waals surface area (Å²) in [7, 11) is 0. The quantitative estimate of drug-likeness (QED) is 0.716. The lowest BCUT2D eigenvalue weighted by Crippen LogP contribution is -2.15. The minimum Gasteiger partial charge on any atom is -0.478 e. The Morgan fingerprint density at radius 2 is 2.36 bits per heavy atom. The van der Waals surface area contributed by atoms with E-state index in [-0.39, 0.29) is 0 Å². The Morgan fingerprint density at radius 3 is 3.07 bits per heavy atom. The van der Waals surface area contributed by atoms with Crippen molar-refractivity contribution in [3.8, 4) is 0 Å². The summed E-state index contributed by atoms with van der Waals surface area (Å²) in [5, 5.41) is 12.1. The van der Waals surface area contributed by atoms with E-state index in [4.69, 9.17) is 5.11 Å². The highest BCUT2D eigenvalue weighted by Crippen LogP contribution is 2.31. The zero-order valence-corrected chi connectivity index (χ0v) is 8.08. The van der Waals surface area contributed by atoms with Crippen molar-refractivity contribution in [2.24, 2.45) is 0 Å². The first kappa shape index (κ1) is 9.06. The highest BCUT2D eigenvalue weighted by Gasteiger charge is 2.17. The van der Waals surface area contributed by atoms with E-state index in [0.29, 0.717) is 11.5 Å². The first-order valence-corrected chi connectivity index (χ1v) is 4.79. The van der Waals surface area contributed by atoms with Crippen LogP contribution in [0.25, 0.3) is 0 Å². The van der Waals surface area contributed by atoms with Gasteiger partial charge in [0, 0.05) is 12.2 Å². The van der Waals surface area contributed by atoms with Crippen molar-refractivity contribution in [1.82, 2.24) is 0 Å². The Labute approximate surface area is 82.8 Å². The average molecular weight is 191 g/mol. The number of aromatic carboxylic acids is 1. The first-order chi connectivity index (χ1) is 6.68. The summed E-state index contributed by atoms with van der Waals surface area (Å²) >= 11 is 0. The maximum absolute atomic E-state index is 10.8. The lowest BCUT2D eigenvalue weighted by atomic mass is 9.91. The number of anilines is 1. The number of rotatable bonds is 1. The molecule has 1 aliphatic rings. The van der Waals surface area contributed by atoms with E-state index in [2.05, 4.69) is 12.2 Å². The molecule has 14 heavy (non-hydrogen) atoms. The van der Waals surface area contributed by atoms with Crippen LogP contribution >= 0.6 is 0 Å². The molecule has 0 saturated heterocycles. The van der Waals surface area contributed by atoms with Crippen molar-refractivity contribution < 1.29 is 9.90 Å². The monoisotopic (exact) mass is 191 g/mol. The Kier molecular flexibility index (Phi) is 2.15. The molecule has 1 aromatic carbocycles. The highest BCUT2D eigenvalue weighted by atomic mass is 16.4. The molecule has 1 atom stereocenters. The van der Waals surface area contributed by atoms with Gasteiger partial charge in [-0.05, 0) is 36.1 Å². The minimum atomic E-state index is -0.856. The molecule has 3 heteroatoms. The van der Waals surface area contributed by atoms with Crippen LogP contribution in [0.5, 0.6) is 0 Å². The number of benzene rings is 1. The molecule has 0 aliphatic carbocycles. The fraction of sp³-hybridized carbons (Fsp3) is 0.364. The standard InChI is InChI=1S/C11H13NO2/c1-7-4-5-12-10-3-2-8(11(13)14)6-9(7)10/h2-3,6-7,12H,4-5H2,1H3,(H,13,14)/t7-/m0/s1. The van der Waals surface area contributed by atoms with Crippen molar-refractivity contribution in [2.75, 3.05) is 11.9 Å². The maximum atomic E-state index is 10.8. The van der Waals surface area contributed by atoms with Gasteiger partial charge in [-0.1, -0.05) is 6.92 Å². The molecular formula is C11H13NO2. The van der Waals surface area contributed by atoms with Gasteiger partial charge in [-0.15, -0.1) is 0 Å². The van der Waals surface area contributed by atoms with Gasteiger partial charge in [-0.3, -0.25) is 0 Å². The van der Waals surface area contributed by atoms with Crippen molar-refractivity contribution in [3.63, 3.8) is 0 Å². The van der Waals surface area contributed by atoms with E-state index in [0.717, 1.165) is 24.2 Å². The molecule has 3 nitrogen and oxygen atoms in total. The maximum Gasteiger partial charge on any atom is 0.335 e. The molecule has 0 spiro atoms. The van der Waals surface area contributed by atoms with E-state index < -0.39 is 5.97 Å². The molecule has 2 rings (SSSR count). The van der Waals surface area contributed by atoms with Crippen LogP contribution in [0.1, 0.15) is 35.2 Å². The lowest BCUT2D eigenvalue weighted by molar-refractivity contribution is 0.0697. The van der Waals surface area contributed by atoms with Gasteiger partial charge in [0.05, 0.1) is 5.56 Å². The van der Waals surface area contributed by atoms with E-state index in [1.165, 1.54) is 0 Å². The van der Waals surface area contributed by atoms with Crippen LogP contribution in [-0.4, -0.2) is 17.6 Å². The third kappa shape index (κ3) is 1.45. The molecule has 74 valence electrons. The van der Waals surface area contributed by atoms with Crippen LogP contribution in [0, 0.1) is 0 Å². The zero-order valence-electron chi connectivity index (χ0n) is 8.08. The first-order valence-electron chi connectivity index (χ1n) is 4.79. The molecule has 1 aliphatic heterocycles. The molecule has 2 N–H and O–H groups in total. The summed E-state index contributed by atoms with van der Waals surface area (Å²) in [5.41, 5.74) is 2.57. The van der Waals surface area contributed by atoms with Crippen molar-refractivity contribution >= 4 is 11.7 Å². The molecule has 0 radical (unpaired) electrons. The smallest absolute Gasteiger partial charge is 0.335 e. The summed E-state index contributed by atoms with van der Waals surface area (Å²) in [6.07, 6.45) is 1.07.